The maximum absolute atomic E-state index is 10.7. The van der Waals surface area contributed by atoms with Gasteiger partial charge in [-0.2, -0.15) is 0 Å². The topological polar surface area (TPSA) is 62.2 Å². The van der Waals surface area contributed by atoms with Crippen molar-refractivity contribution in [2.45, 2.75) is 6.54 Å². The summed E-state index contributed by atoms with van der Waals surface area (Å²) in [5, 5.41) is 12.0. The van der Waals surface area contributed by atoms with E-state index in [1.807, 2.05) is 0 Å². The van der Waals surface area contributed by atoms with Crippen molar-refractivity contribution < 1.29 is 9.90 Å². The number of nitrogens with one attached hydrogen (secondary N) is 1. The van der Waals surface area contributed by atoms with Crippen LogP contribution in [0.25, 0.3) is 0 Å². The van der Waals surface area contributed by atoms with Gasteiger partial charge in [0.25, 0.3) is 0 Å². The molecule has 0 aliphatic rings. The van der Waals surface area contributed by atoms with Crippen LogP contribution in [-0.4, -0.2) is 34.1 Å². The molecule has 0 spiro atoms. The predicted molar refractivity (Wildman–Crippen MR) is 69.1 cm³/mol. The number of rotatable bonds is 7. The summed E-state index contributed by atoms with van der Waals surface area (Å²) < 4.78 is 0. The van der Waals surface area contributed by atoms with Crippen molar-refractivity contribution in [3.63, 3.8) is 0 Å². The highest BCUT2D eigenvalue weighted by Gasteiger charge is 2.04. The van der Waals surface area contributed by atoms with Crippen LogP contribution in [0.5, 0.6) is 0 Å². The quantitative estimate of drug-likeness (QED) is 0.563. The molecule has 90 valence electrons. The number of aromatic nitrogens is 1. The number of thioether (sulfide) groups is 1. The standard InChI is InChI=1S/C12H14N2O2S/c1-2-7-17-8-6-13-9-10-4-3-5-11(14-10)12(15)16/h1,3-5,13H,6-9H2,(H,15,16). The summed E-state index contributed by atoms with van der Waals surface area (Å²) in [7, 11) is 0. The molecule has 0 saturated heterocycles. The molecule has 0 aliphatic carbocycles. The van der Waals surface area contributed by atoms with Crippen molar-refractivity contribution in [3.05, 3.63) is 29.6 Å². The van der Waals surface area contributed by atoms with Crippen LogP contribution in [0.2, 0.25) is 0 Å². The van der Waals surface area contributed by atoms with E-state index in [-0.39, 0.29) is 5.69 Å². The van der Waals surface area contributed by atoms with Gasteiger partial charge in [-0.3, -0.25) is 0 Å². The van der Waals surface area contributed by atoms with Crippen molar-refractivity contribution in [1.29, 1.82) is 0 Å². The maximum Gasteiger partial charge on any atom is 0.354 e. The summed E-state index contributed by atoms with van der Waals surface area (Å²) in [5.74, 6) is 3.20. The van der Waals surface area contributed by atoms with Crippen molar-refractivity contribution in [1.82, 2.24) is 10.3 Å². The second kappa shape index (κ2) is 7.71. The molecule has 4 nitrogen and oxygen atoms in total. The molecule has 1 aromatic rings. The maximum atomic E-state index is 10.7. The third-order valence-electron chi connectivity index (χ3n) is 1.94. The largest absolute Gasteiger partial charge is 0.477 e. The van der Waals surface area contributed by atoms with E-state index in [1.54, 1.807) is 23.9 Å². The third-order valence-corrected chi connectivity index (χ3v) is 2.80. The van der Waals surface area contributed by atoms with E-state index in [9.17, 15) is 4.79 Å². The van der Waals surface area contributed by atoms with Gasteiger partial charge in [0, 0.05) is 18.8 Å². The lowest BCUT2D eigenvalue weighted by molar-refractivity contribution is 0.0690. The number of nitrogens with zero attached hydrogens (tertiary/aromatic N) is 1. The van der Waals surface area contributed by atoms with Crippen molar-refractivity contribution in [2.75, 3.05) is 18.1 Å². The minimum absolute atomic E-state index is 0.0750. The van der Waals surface area contributed by atoms with Gasteiger partial charge in [-0.15, -0.1) is 18.2 Å². The van der Waals surface area contributed by atoms with Crippen molar-refractivity contribution >= 4 is 17.7 Å². The number of carbonyl (C=O) groups is 1. The molecule has 1 rings (SSSR count). The molecule has 0 bridgehead atoms. The Morgan fingerprint density at radius 3 is 3.12 bits per heavy atom. The lowest BCUT2D eigenvalue weighted by Gasteiger charge is -2.04. The molecule has 0 atom stereocenters. The van der Waals surface area contributed by atoms with Crippen LogP contribution in [0.4, 0.5) is 0 Å². The summed E-state index contributed by atoms with van der Waals surface area (Å²) in [6.45, 7) is 1.39. The number of carboxylic acid groups (broad SMARTS) is 1. The van der Waals surface area contributed by atoms with Crippen LogP contribution >= 0.6 is 11.8 Å². The molecule has 0 aromatic carbocycles. The van der Waals surface area contributed by atoms with Gasteiger partial charge in [-0.1, -0.05) is 12.0 Å². The molecule has 0 fully saturated rings. The van der Waals surface area contributed by atoms with E-state index in [4.69, 9.17) is 11.5 Å². The number of aromatic carboxylic acids is 1. The lowest BCUT2D eigenvalue weighted by Crippen LogP contribution is -2.18. The van der Waals surface area contributed by atoms with Crippen LogP contribution in [-0.2, 0) is 6.54 Å². The molecule has 0 amide bonds. The van der Waals surface area contributed by atoms with Gasteiger partial charge in [0.15, 0.2) is 0 Å². The molecule has 0 aliphatic heterocycles. The Kier molecular flexibility index (Phi) is 6.15. The van der Waals surface area contributed by atoms with E-state index in [2.05, 4.69) is 16.2 Å². The highest BCUT2D eigenvalue weighted by Crippen LogP contribution is 2.00. The second-order valence-electron chi connectivity index (χ2n) is 3.25. The Morgan fingerprint density at radius 1 is 1.59 bits per heavy atom. The van der Waals surface area contributed by atoms with Gasteiger partial charge < -0.3 is 10.4 Å². The molecular formula is C12H14N2O2S. The van der Waals surface area contributed by atoms with Gasteiger partial charge in [-0.05, 0) is 12.1 Å². The van der Waals surface area contributed by atoms with E-state index >= 15 is 0 Å². The van der Waals surface area contributed by atoms with Crippen LogP contribution < -0.4 is 5.32 Å². The first-order chi connectivity index (χ1) is 8.24. The summed E-state index contributed by atoms with van der Waals surface area (Å²) in [4.78, 5) is 14.7. The number of terminal acetylenes is 1. The Labute approximate surface area is 105 Å². The Hall–Kier alpha value is -1.51. The zero-order chi connectivity index (χ0) is 12.5. The number of carboxylic acids is 1. The SMILES string of the molecule is C#CCSCCNCc1cccc(C(=O)O)n1. The van der Waals surface area contributed by atoms with Gasteiger partial charge in [0.05, 0.1) is 11.4 Å². The van der Waals surface area contributed by atoms with Crippen LogP contribution in [0.15, 0.2) is 18.2 Å². The highest BCUT2D eigenvalue weighted by atomic mass is 32.2. The molecular weight excluding hydrogens is 236 g/mol. The summed E-state index contributed by atoms with van der Waals surface area (Å²) in [6, 6.07) is 4.98. The van der Waals surface area contributed by atoms with Crippen LogP contribution in [0, 0.1) is 12.3 Å². The third kappa shape index (κ3) is 5.38. The molecule has 0 saturated carbocycles. The number of hydrogen-bond donors (Lipinski definition) is 2. The van der Waals surface area contributed by atoms with Crippen LogP contribution in [0.1, 0.15) is 16.2 Å². The average molecular weight is 250 g/mol. The zero-order valence-corrected chi connectivity index (χ0v) is 10.2. The first-order valence-electron chi connectivity index (χ1n) is 5.15. The van der Waals surface area contributed by atoms with E-state index < -0.39 is 5.97 Å². The Morgan fingerprint density at radius 2 is 2.41 bits per heavy atom. The monoisotopic (exact) mass is 250 g/mol. The Balaban J connectivity index is 2.30. The zero-order valence-electron chi connectivity index (χ0n) is 9.35. The molecule has 0 unspecified atom stereocenters. The fourth-order valence-corrected chi connectivity index (χ4v) is 1.74. The van der Waals surface area contributed by atoms with Gasteiger partial charge in [0.1, 0.15) is 5.69 Å². The molecule has 1 heterocycles. The normalized spacial score (nSPS) is 9.82. The minimum Gasteiger partial charge on any atom is -0.477 e. The van der Waals surface area contributed by atoms with E-state index in [1.165, 1.54) is 6.07 Å². The molecule has 17 heavy (non-hydrogen) atoms. The van der Waals surface area contributed by atoms with Gasteiger partial charge in [0.2, 0.25) is 0 Å². The Bertz CT molecular complexity index is 415. The van der Waals surface area contributed by atoms with Gasteiger partial charge >= 0.3 is 5.97 Å². The number of pyridine rings is 1. The first-order valence-corrected chi connectivity index (χ1v) is 6.30. The summed E-state index contributed by atoms with van der Waals surface area (Å²) in [5.41, 5.74) is 0.804. The highest BCUT2D eigenvalue weighted by molar-refractivity contribution is 7.99. The van der Waals surface area contributed by atoms with Gasteiger partial charge in [-0.25, -0.2) is 9.78 Å². The average Bonchev–Trinajstić information content (AvgIpc) is 2.34. The minimum atomic E-state index is -1.00. The molecule has 0 radical (unpaired) electrons. The number of hydrogen-bond acceptors (Lipinski definition) is 4. The summed E-state index contributed by atoms with van der Waals surface area (Å²) >= 11 is 1.68. The van der Waals surface area contributed by atoms with Crippen molar-refractivity contribution in [3.8, 4) is 12.3 Å². The fourth-order valence-electron chi connectivity index (χ4n) is 1.19. The lowest BCUT2D eigenvalue weighted by atomic mass is 10.3. The van der Waals surface area contributed by atoms with E-state index in [0.29, 0.717) is 12.3 Å². The van der Waals surface area contributed by atoms with Crippen molar-refractivity contribution in [2.24, 2.45) is 0 Å². The fraction of sp³-hybridized carbons (Fsp3) is 0.333. The predicted octanol–water partition coefficient (Wildman–Crippen LogP) is 1.24. The van der Waals surface area contributed by atoms with Crippen LogP contribution in [0.3, 0.4) is 0 Å². The van der Waals surface area contributed by atoms with E-state index in [0.717, 1.165) is 18.0 Å². The molecule has 2 N–H and O–H groups in total. The smallest absolute Gasteiger partial charge is 0.354 e. The first kappa shape index (κ1) is 13.6. The molecule has 1 aromatic heterocycles. The molecule has 5 heteroatoms. The second-order valence-corrected chi connectivity index (χ2v) is 4.36. The summed E-state index contributed by atoms with van der Waals surface area (Å²) in [6.07, 6.45) is 5.12.